The van der Waals surface area contributed by atoms with Crippen molar-refractivity contribution in [1.29, 1.82) is 0 Å². The van der Waals surface area contributed by atoms with E-state index in [4.69, 9.17) is 16.6 Å². The quantitative estimate of drug-likeness (QED) is 0.757. The maximum atomic E-state index is 6.07. The predicted octanol–water partition coefficient (Wildman–Crippen LogP) is 4.40. The number of hydrogen-bond acceptors (Lipinski definition) is 2. The summed E-state index contributed by atoms with van der Waals surface area (Å²) in [6.07, 6.45) is 3.25. The van der Waals surface area contributed by atoms with Gasteiger partial charge in [-0.25, -0.2) is 4.98 Å². The molecule has 0 amide bonds. The molecule has 2 nitrogen and oxygen atoms in total. The molecule has 2 aromatic rings. The van der Waals surface area contributed by atoms with Gasteiger partial charge in [0, 0.05) is 11.8 Å². The highest BCUT2D eigenvalue weighted by molar-refractivity contribution is 7.98. The fourth-order valence-electron chi connectivity index (χ4n) is 2.37. The number of fused-ring (bicyclic) bond motifs is 1. The van der Waals surface area contributed by atoms with Crippen molar-refractivity contribution in [3.63, 3.8) is 0 Å². The number of thioether (sulfide) groups is 1. The maximum absolute atomic E-state index is 6.07. The van der Waals surface area contributed by atoms with E-state index in [1.807, 2.05) is 11.8 Å². The number of aromatic nitrogens is 2. The normalized spacial score (nSPS) is 13.1. The summed E-state index contributed by atoms with van der Waals surface area (Å²) in [7, 11) is 0. The molecule has 1 heterocycles. The molecule has 0 aliphatic carbocycles. The van der Waals surface area contributed by atoms with Crippen LogP contribution < -0.4 is 0 Å². The van der Waals surface area contributed by atoms with E-state index in [1.54, 1.807) is 0 Å². The average Bonchev–Trinajstić information content (AvgIpc) is 2.76. The molecular formula is C14H19ClN2S. The number of para-hydroxylation sites is 1. The van der Waals surface area contributed by atoms with Gasteiger partial charge in [-0.15, -0.1) is 11.6 Å². The van der Waals surface area contributed by atoms with E-state index in [1.165, 1.54) is 11.1 Å². The van der Waals surface area contributed by atoms with Crippen LogP contribution in [-0.2, 0) is 5.88 Å². The molecule has 1 atom stereocenters. The van der Waals surface area contributed by atoms with Crippen molar-refractivity contribution in [1.82, 2.24) is 9.55 Å². The number of alkyl halides is 1. The molecule has 0 fully saturated rings. The van der Waals surface area contributed by atoms with E-state index in [9.17, 15) is 0 Å². The molecule has 0 saturated heterocycles. The van der Waals surface area contributed by atoms with Gasteiger partial charge in [-0.2, -0.15) is 11.8 Å². The van der Waals surface area contributed by atoms with Crippen LogP contribution in [0.5, 0.6) is 0 Å². The summed E-state index contributed by atoms with van der Waals surface area (Å²) in [5.74, 6) is 2.56. The molecule has 4 heteroatoms. The molecule has 0 N–H and O–H groups in total. The minimum absolute atomic E-state index is 0.471. The van der Waals surface area contributed by atoms with Crippen LogP contribution >= 0.6 is 23.4 Å². The standard InChI is InChI=1S/C14H19ClN2S/c1-4-11(9-18-3)17-12-7-5-6-10(2)14(12)16-13(17)8-15/h5-7,11H,4,8-9H2,1-3H3. The molecule has 1 aromatic heterocycles. The molecule has 1 aromatic carbocycles. The van der Waals surface area contributed by atoms with Gasteiger partial charge in [-0.05, 0) is 31.2 Å². The van der Waals surface area contributed by atoms with Gasteiger partial charge in [0.2, 0.25) is 0 Å². The van der Waals surface area contributed by atoms with Gasteiger partial charge in [0.15, 0.2) is 0 Å². The van der Waals surface area contributed by atoms with Gasteiger partial charge in [0.05, 0.1) is 16.9 Å². The Labute approximate surface area is 118 Å². The van der Waals surface area contributed by atoms with Gasteiger partial charge in [0.25, 0.3) is 0 Å². The molecular weight excluding hydrogens is 264 g/mol. The third-order valence-electron chi connectivity index (χ3n) is 3.31. The number of nitrogens with zero attached hydrogens (tertiary/aromatic N) is 2. The number of imidazole rings is 1. The Hall–Kier alpha value is -0.670. The largest absolute Gasteiger partial charge is 0.323 e. The van der Waals surface area contributed by atoms with Crippen LogP contribution in [0.2, 0.25) is 0 Å². The summed E-state index contributed by atoms with van der Waals surface area (Å²) in [5, 5.41) is 0. The third kappa shape index (κ3) is 2.39. The van der Waals surface area contributed by atoms with Gasteiger partial charge in [-0.3, -0.25) is 0 Å². The smallest absolute Gasteiger partial charge is 0.125 e. The zero-order chi connectivity index (χ0) is 13.1. The lowest BCUT2D eigenvalue weighted by molar-refractivity contribution is 0.538. The zero-order valence-corrected chi connectivity index (χ0v) is 12.7. The Balaban J connectivity index is 2.62. The third-order valence-corrected chi connectivity index (χ3v) is 4.27. The predicted molar refractivity (Wildman–Crippen MR) is 81.7 cm³/mol. The van der Waals surface area contributed by atoms with Crippen LogP contribution in [0.25, 0.3) is 11.0 Å². The monoisotopic (exact) mass is 282 g/mol. The van der Waals surface area contributed by atoms with Crippen LogP contribution in [0.3, 0.4) is 0 Å². The van der Waals surface area contributed by atoms with Gasteiger partial charge < -0.3 is 4.57 Å². The molecule has 0 spiro atoms. The number of benzene rings is 1. The first-order valence-corrected chi connectivity index (χ1v) is 8.17. The van der Waals surface area contributed by atoms with Crippen molar-refractivity contribution in [2.45, 2.75) is 32.2 Å². The molecule has 98 valence electrons. The first kappa shape index (κ1) is 13.8. The Morgan fingerprint density at radius 1 is 1.44 bits per heavy atom. The summed E-state index contributed by atoms with van der Waals surface area (Å²) in [5.41, 5.74) is 3.52. The second-order valence-electron chi connectivity index (χ2n) is 4.49. The molecule has 0 aliphatic heterocycles. The summed E-state index contributed by atoms with van der Waals surface area (Å²) in [6, 6.07) is 6.82. The summed E-state index contributed by atoms with van der Waals surface area (Å²) >= 11 is 7.94. The van der Waals surface area contributed by atoms with E-state index in [2.05, 4.69) is 42.9 Å². The van der Waals surface area contributed by atoms with Crippen molar-refractivity contribution >= 4 is 34.4 Å². The first-order valence-electron chi connectivity index (χ1n) is 6.24. The molecule has 0 saturated carbocycles. The van der Waals surface area contributed by atoms with Crippen LogP contribution in [-0.4, -0.2) is 21.6 Å². The van der Waals surface area contributed by atoms with Crippen molar-refractivity contribution in [3.05, 3.63) is 29.6 Å². The number of rotatable bonds is 5. The van der Waals surface area contributed by atoms with Crippen molar-refractivity contribution in [2.24, 2.45) is 0 Å². The Morgan fingerprint density at radius 3 is 2.83 bits per heavy atom. The van der Waals surface area contributed by atoms with Crippen molar-refractivity contribution in [3.8, 4) is 0 Å². The summed E-state index contributed by atoms with van der Waals surface area (Å²) in [4.78, 5) is 4.70. The Kier molecular flexibility index (Phi) is 4.57. The van der Waals surface area contributed by atoms with Crippen molar-refractivity contribution < 1.29 is 0 Å². The molecule has 2 rings (SSSR count). The van der Waals surface area contributed by atoms with E-state index in [-0.39, 0.29) is 0 Å². The highest BCUT2D eigenvalue weighted by Crippen LogP contribution is 2.27. The Morgan fingerprint density at radius 2 is 2.22 bits per heavy atom. The highest BCUT2D eigenvalue weighted by Gasteiger charge is 2.17. The van der Waals surface area contributed by atoms with E-state index < -0.39 is 0 Å². The Bertz CT molecular complexity index is 536. The van der Waals surface area contributed by atoms with Gasteiger partial charge in [-0.1, -0.05) is 19.1 Å². The molecule has 18 heavy (non-hydrogen) atoms. The fraction of sp³-hybridized carbons (Fsp3) is 0.500. The zero-order valence-electron chi connectivity index (χ0n) is 11.1. The average molecular weight is 283 g/mol. The highest BCUT2D eigenvalue weighted by atomic mass is 35.5. The van der Waals surface area contributed by atoms with E-state index in [0.29, 0.717) is 11.9 Å². The van der Waals surface area contributed by atoms with Crippen LogP contribution in [0.15, 0.2) is 18.2 Å². The van der Waals surface area contributed by atoms with E-state index in [0.717, 1.165) is 23.5 Å². The lowest BCUT2D eigenvalue weighted by Crippen LogP contribution is -2.13. The van der Waals surface area contributed by atoms with Crippen LogP contribution in [0.4, 0.5) is 0 Å². The number of halogens is 1. The maximum Gasteiger partial charge on any atom is 0.125 e. The number of aryl methyl sites for hydroxylation is 1. The lowest BCUT2D eigenvalue weighted by Gasteiger charge is -2.19. The molecule has 0 bridgehead atoms. The summed E-state index contributed by atoms with van der Waals surface area (Å²) in [6.45, 7) is 4.33. The topological polar surface area (TPSA) is 17.8 Å². The first-order chi connectivity index (χ1) is 8.72. The van der Waals surface area contributed by atoms with Crippen LogP contribution in [0.1, 0.15) is 30.8 Å². The van der Waals surface area contributed by atoms with E-state index >= 15 is 0 Å². The summed E-state index contributed by atoms with van der Waals surface area (Å²) < 4.78 is 2.33. The minimum atomic E-state index is 0.471. The van der Waals surface area contributed by atoms with Crippen LogP contribution in [0, 0.1) is 6.92 Å². The molecule has 1 unspecified atom stereocenters. The van der Waals surface area contributed by atoms with Gasteiger partial charge in [0.1, 0.15) is 5.82 Å². The number of hydrogen-bond donors (Lipinski definition) is 0. The van der Waals surface area contributed by atoms with Crippen molar-refractivity contribution in [2.75, 3.05) is 12.0 Å². The second kappa shape index (κ2) is 5.98. The second-order valence-corrected chi connectivity index (χ2v) is 5.67. The SMILES string of the molecule is CCC(CSC)n1c(CCl)nc2c(C)cccc21. The lowest BCUT2D eigenvalue weighted by atomic mass is 10.2. The molecule has 0 aliphatic rings. The molecule has 0 radical (unpaired) electrons. The minimum Gasteiger partial charge on any atom is -0.323 e. The fourth-order valence-corrected chi connectivity index (χ4v) is 3.33. The van der Waals surface area contributed by atoms with Gasteiger partial charge >= 0.3 is 0 Å².